The van der Waals surface area contributed by atoms with Crippen LogP contribution in [0.3, 0.4) is 0 Å². The molecule has 0 amide bonds. The maximum Gasteiger partial charge on any atom is 0.300 e. The topological polar surface area (TPSA) is 37.3 Å². The summed E-state index contributed by atoms with van der Waals surface area (Å²) in [6, 6.07) is 43.7. The molecule has 0 heterocycles. The molecule has 0 aliphatic heterocycles. The van der Waals surface area contributed by atoms with Gasteiger partial charge >= 0.3 is 0 Å². The number of aliphatic carboxylic acids is 1. The predicted octanol–water partition coefficient (Wildman–Crippen LogP) is 5.50. The minimum absolute atomic E-state index is 0. The second-order valence-electron chi connectivity index (χ2n) is 7.08. The molecule has 0 spiro atoms. The van der Waals surface area contributed by atoms with Crippen molar-refractivity contribution < 1.29 is 30.3 Å². The minimum Gasteiger partial charge on any atom is -0.481 e. The Bertz CT molecular complexity index is 912. The maximum atomic E-state index is 9.00. The molecule has 5 heteroatoms. The van der Waals surface area contributed by atoms with Gasteiger partial charge in [-0.05, 0) is 21.2 Å². The number of carbonyl (C=O) groups is 1. The summed E-state index contributed by atoms with van der Waals surface area (Å²) in [5, 5.41) is 13.3. The Morgan fingerprint density at radius 3 is 0.970 bits per heavy atom. The van der Waals surface area contributed by atoms with Crippen LogP contribution in [0.5, 0.6) is 0 Å². The second kappa shape index (κ2) is 14.2. The van der Waals surface area contributed by atoms with Gasteiger partial charge in [-0.15, -0.1) is 5.40 Å². The molecule has 2 nitrogen and oxygen atoms in total. The van der Waals surface area contributed by atoms with Gasteiger partial charge in [0.2, 0.25) is 0 Å². The van der Waals surface area contributed by atoms with Crippen LogP contribution >= 0.6 is 15.8 Å². The number of carboxylic acids is 1. The quantitative estimate of drug-likeness (QED) is 0.191. The fourth-order valence-corrected chi connectivity index (χ4v) is 9.93. The molecule has 0 fully saturated rings. The Hall–Kier alpha value is -2.13. The first kappa shape index (κ1) is 27.1. The van der Waals surface area contributed by atoms with E-state index in [4.69, 9.17) is 16.8 Å². The van der Waals surface area contributed by atoms with Crippen molar-refractivity contribution in [3.05, 3.63) is 128 Å². The van der Waals surface area contributed by atoms with Crippen molar-refractivity contribution in [1.29, 1.82) is 0 Å². The van der Waals surface area contributed by atoms with Gasteiger partial charge in [0, 0.05) is 27.3 Å². The molecule has 4 aromatic carbocycles. The van der Waals surface area contributed by atoms with E-state index in [0.29, 0.717) is 0 Å². The standard InChI is InChI=1S/C26H23P2.C2H4O2.Pd/c1-22(27(23-14-6-2-7-15-23)24-16-8-3-9-17-24)28(25-18-10-4-11-19-25)26-20-12-5-13-21-26;1-2(3)4;/h2-22H,1H2;1H3,(H,3,4);/q-1;;. The van der Waals surface area contributed by atoms with Crippen LogP contribution in [0.1, 0.15) is 6.92 Å². The average Bonchev–Trinajstić information content (AvgIpc) is 2.82. The van der Waals surface area contributed by atoms with Crippen molar-refractivity contribution in [2.75, 3.05) is 0 Å². The molecule has 4 rings (SSSR count). The molecule has 0 saturated heterocycles. The van der Waals surface area contributed by atoms with E-state index in [1.54, 1.807) is 0 Å². The normalized spacial score (nSPS) is 10.3. The molecule has 0 aromatic heterocycles. The van der Waals surface area contributed by atoms with Gasteiger partial charge < -0.3 is 12.0 Å². The Labute approximate surface area is 213 Å². The van der Waals surface area contributed by atoms with Crippen LogP contribution in [0.2, 0.25) is 0 Å². The van der Waals surface area contributed by atoms with Crippen molar-refractivity contribution in [2.45, 2.75) is 12.3 Å². The van der Waals surface area contributed by atoms with E-state index >= 15 is 0 Å². The molecule has 0 unspecified atom stereocenters. The smallest absolute Gasteiger partial charge is 0.300 e. The van der Waals surface area contributed by atoms with Crippen molar-refractivity contribution >= 4 is 43.0 Å². The molecule has 172 valence electrons. The van der Waals surface area contributed by atoms with Gasteiger partial charge in [-0.1, -0.05) is 137 Å². The third-order valence-electron chi connectivity index (χ3n) is 4.73. The summed E-state index contributed by atoms with van der Waals surface area (Å²) in [5.74, 6) is -0.833. The molecule has 0 bridgehead atoms. The Kier molecular flexibility index (Phi) is 11.7. The van der Waals surface area contributed by atoms with E-state index in [2.05, 4.69) is 121 Å². The second-order valence-corrected chi connectivity index (χ2v) is 12.3. The molecule has 4 aromatic rings. The summed E-state index contributed by atoms with van der Waals surface area (Å²) in [6.45, 7) is 5.89. The number of rotatable bonds is 6. The SMILES string of the molecule is CC(=O)O.[CH2-]C(P(c1ccccc1)c1ccccc1)P(c1ccccc1)c1ccccc1.[Pd]. The van der Waals surface area contributed by atoms with Gasteiger partial charge in [0.1, 0.15) is 0 Å². The van der Waals surface area contributed by atoms with Crippen molar-refractivity contribution in [3.8, 4) is 0 Å². The first-order valence-electron chi connectivity index (χ1n) is 10.4. The van der Waals surface area contributed by atoms with E-state index in [9.17, 15) is 0 Å². The zero-order valence-electron chi connectivity index (χ0n) is 18.4. The van der Waals surface area contributed by atoms with Crippen molar-refractivity contribution in [2.24, 2.45) is 0 Å². The zero-order chi connectivity index (χ0) is 22.8. The van der Waals surface area contributed by atoms with E-state index in [0.717, 1.165) is 6.92 Å². The average molecular weight is 564 g/mol. The monoisotopic (exact) mass is 563 g/mol. The van der Waals surface area contributed by atoms with E-state index in [1.165, 1.54) is 21.2 Å². The molecule has 0 radical (unpaired) electrons. The predicted molar refractivity (Wildman–Crippen MR) is 141 cm³/mol. The van der Waals surface area contributed by atoms with Gasteiger partial charge in [0.15, 0.2) is 0 Å². The van der Waals surface area contributed by atoms with Gasteiger partial charge in [-0.25, -0.2) is 0 Å². The maximum absolute atomic E-state index is 9.00. The first-order chi connectivity index (χ1) is 15.6. The van der Waals surface area contributed by atoms with Gasteiger partial charge in [-0.2, -0.15) is 0 Å². The third-order valence-corrected chi connectivity index (χ3v) is 10.7. The van der Waals surface area contributed by atoms with Crippen LogP contribution < -0.4 is 21.2 Å². The molecular formula is C28H27O2P2Pd-. The summed E-state index contributed by atoms with van der Waals surface area (Å²) < 4.78 is 0. The Balaban J connectivity index is 0.000000714. The van der Waals surface area contributed by atoms with Crippen LogP contribution in [-0.2, 0) is 25.2 Å². The molecule has 1 N–H and O–H groups in total. The van der Waals surface area contributed by atoms with E-state index in [1.807, 2.05) is 0 Å². The summed E-state index contributed by atoms with van der Waals surface area (Å²) in [4.78, 5) is 9.00. The largest absolute Gasteiger partial charge is 0.481 e. The van der Waals surface area contributed by atoms with E-state index < -0.39 is 21.8 Å². The molecule has 0 atom stereocenters. The van der Waals surface area contributed by atoms with Crippen LogP contribution in [0.15, 0.2) is 121 Å². The number of benzene rings is 4. The fourth-order valence-electron chi connectivity index (χ4n) is 3.46. The summed E-state index contributed by atoms with van der Waals surface area (Å²) in [6.07, 6.45) is 0. The molecule has 33 heavy (non-hydrogen) atoms. The van der Waals surface area contributed by atoms with Gasteiger partial charge in [-0.3, -0.25) is 4.79 Å². The zero-order valence-corrected chi connectivity index (χ0v) is 21.7. The summed E-state index contributed by atoms with van der Waals surface area (Å²) in [7, 11) is -1.16. The molecule has 0 saturated carbocycles. The van der Waals surface area contributed by atoms with Crippen molar-refractivity contribution in [1.82, 2.24) is 0 Å². The summed E-state index contributed by atoms with van der Waals surface area (Å²) >= 11 is 0. The number of carboxylic acid groups (broad SMARTS) is 1. The number of hydrogen-bond donors (Lipinski definition) is 1. The fraction of sp³-hybridized carbons (Fsp3) is 0.0714. The van der Waals surface area contributed by atoms with Gasteiger partial charge in [0.05, 0.1) is 0 Å². The Morgan fingerprint density at radius 2 is 0.788 bits per heavy atom. The van der Waals surface area contributed by atoms with E-state index in [-0.39, 0.29) is 25.8 Å². The summed E-state index contributed by atoms with van der Waals surface area (Å²) in [5.41, 5.74) is 0. The van der Waals surface area contributed by atoms with Crippen molar-refractivity contribution in [3.63, 3.8) is 0 Å². The first-order valence-corrected chi connectivity index (χ1v) is 13.2. The van der Waals surface area contributed by atoms with Crippen LogP contribution in [0.4, 0.5) is 0 Å². The third kappa shape index (κ3) is 8.00. The molecule has 0 aliphatic carbocycles. The molecule has 0 aliphatic rings. The van der Waals surface area contributed by atoms with Crippen LogP contribution in [0.25, 0.3) is 0 Å². The molecular weight excluding hydrogens is 537 g/mol. The minimum atomic E-state index is -0.833. The van der Waals surface area contributed by atoms with Crippen LogP contribution in [-0.4, -0.2) is 16.5 Å². The Morgan fingerprint density at radius 1 is 0.606 bits per heavy atom. The van der Waals surface area contributed by atoms with Crippen LogP contribution in [0, 0.1) is 6.92 Å². The van der Waals surface area contributed by atoms with Gasteiger partial charge in [0.25, 0.3) is 5.97 Å². The number of hydrogen-bond acceptors (Lipinski definition) is 1.